The van der Waals surface area contributed by atoms with Crippen molar-refractivity contribution in [1.82, 2.24) is 19.5 Å². The summed E-state index contributed by atoms with van der Waals surface area (Å²) >= 11 is 1.29. The van der Waals surface area contributed by atoms with Gasteiger partial charge in [-0.1, -0.05) is 0 Å². The van der Waals surface area contributed by atoms with Gasteiger partial charge >= 0.3 is 0 Å². The number of nitrogens with one attached hydrogen (secondary N) is 2. The maximum absolute atomic E-state index is 13.1. The average Bonchev–Trinajstić information content (AvgIpc) is 3.34. The van der Waals surface area contributed by atoms with E-state index in [2.05, 4.69) is 20.5 Å². The molecule has 30 heavy (non-hydrogen) atoms. The van der Waals surface area contributed by atoms with Crippen LogP contribution in [0.15, 0.2) is 30.3 Å². The average molecular weight is 448 g/mol. The zero-order valence-electron chi connectivity index (χ0n) is 15.8. The number of thiazole rings is 1. The molecule has 2 aromatic heterocycles. The molecule has 11 heteroatoms. The van der Waals surface area contributed by atoms with Crippen molar-refractivity contribution in [3.8, 4) is 11.3 Å². The second kappa shape index (κ2) is 7.25. The first-order valence-corrected chi connectivity index (χ1v) is 11.8. The number of nitrogens with zero attached hydrogens (tertiary/aromatic N) is 3. The number of hydrogen-bond acceptors (Lipinski definition) is 6. The molecule has 0 unspecified atom stereocenters. The largest absolute Gasteiger partial charge is 0.296 e. The number of H-pyrrole nitrogens is 1. The second-order valence-electron chi connectivity index (χ2n) is 7.34. The molecule has 3 aromatic rings. The number of aromatic amines is 1. The number of halogens is 1. The van der Waals surface area contributed by atoms with Gasteiger partial charge in [-0.05, 0) is 43.2 Å². The quantitative estimate of drug-likeness (QED) is 0.625. The Morgan fingerprint density at radius 3 is 2.77 bits per heavy atom. The number of rotatable bonds is 5. The number of amides is 1. The summed E-state index contributed by atoms with van der Waals surface area (Å²) in [5.41, 5.74) is 2.29. The highest BCUT2D eigenvalue weighted by molar-refractivity contribution is 7.90. The highest BCUT2D eigenvalue weighted by atomic mass is 32.2. The molecule has 156 valence electrons. The van der Waals surface area contributed by atoms with Gasteiger partial charge in [-0.15, -0.1) is 11.3 Å². The van der Waals surface area contributed by atoms with E-state index in [0.717, 1.165) is 23.4 Å². The van der Waals surface area contributed by atoms with Crippen LogP contribution in [0.5, 0.6) is 0 Å². The van der Waals surface area contributed by atoms with Crippen molar-refractivity contribution >= 4 is 32.4 Å². The molecule has 0 atom stereocenters. The van der Waals surface area contributed by atoms with Crippen molar-refractivity contribution in [1.29, 1.82) is 0 Å². The first kappa shape index (κ1) is 19.3. The van der Waals surface area contributed by atoms with Crippen LogP contribution in [0.1, 0.15) is 33.9 Å². The molecule has 0 saturated heterocycles. The summed E-state index contributed by atoms with van der Waals surface area (Å²) in [5, 5.41) is 9.72. The molecule has 3 heterocycles. The first-order chi connectivity index (χ1) is 14.4. The normalized spacial score (nSPS) is 17.0. The lowest BCUT2D eigenvalue weighted by Crippen LogP contribution is -2.37. The predicted octanol–water partition coefficient (Wildman–Crippen LogP) is 2.77. The van der Waals surface area contributed by atoms with E-state index in [0.29, 0.717) is 35.9 Å². The van der Waals surface area contributed by atoms with Gasteiger partial charge in [0.15, 0.2) is 5.13 Å². The first-order valence-electron chi connectivity index (χ1n) is 9.50. The van der Waals surface area contributed by atoms with Gasteiger partial charge < -0.3 is 0 Å². The molecule has 1 fully saturated rings. The van der Waals surface area contributed by atoms with Gasteiger partial charge in [-0.2, -0.15) is 9.40 Å². The summed E-state index contributed by atoms with van der Waals surface area (Å²) in [7, 11) is -3.23. The number of benzene rings is 1. The Morgan fingerprint density at radius 2 is 2.03 bits per heavy atom. The standard InChI is InChI=1S/C19H18FN5O3S2/c20-12-3-1-11(2-4-12)15-9-16(24-23-15)18(26)22-19-21-14-7-8-25(10-17(14)29-19)30(27,28)13-5-6-13/h1-4,9,13H,5-8,10H2,(H,23,24)(H,21,22,26). The SMILES string of the molecule is O=C(Nc1nc2c(s1)CN(S(=O)(=O)C1CC1)CC2)c1cc(-c2ccc(F)cc2)n[nH]1. The van der Waals surface area contributed by atoms with E-state index in [9.17, 15) is 17.6 Å². The summed E-state index contributed by atoms with van der Waals surface area (Å²) in [5.74, 6) is -0.743. The molecule has 0 spiro atoms. The molecule has 1 aliphatic carbocycles. The van der Waals surface area contributed by atoms with E-state index < -0.39 is 15.9 Å². The van der Waals surface area contributed by atoms with Gasteiger partial charge in [-0.25, -0.2) is 17.8 Å². The van der Waals surface area contributed by atoms with E-state index in [1.807, 2.05) is 0 Å². The lowest BCUT2D eigenvalue weighted by Gasteiger charge is -2.25. The van der Waals surface area contributed by atoms with Gasteiger partial charge in [0.2, 0.25) is 10.0 Å². The summed E-state index contributed by atoms with van der Waals surface area (Å²) < 4.78 is 39.5. The van der Waals surface area contributed by atoms with E-state index in [4.69, 9.17) is 0 Å². The van der Waals surface area contributed by atoms with E-state index in [-0.39, 0.29) is 16.8 Å². The zero-order chi connectivity index (χ0) is 20.9. The number of aromatic nitrogens is 3. The molecular weight excluding hydrogens is 429 g/mol. The fourth-order valence-electron chi connectivity index (χ4n) is 3.39. The molecule has 1 amide bonds. The van der Waals surface area contributed by atoms with Crippen molar-refractivity contribution in [2.45, 2.75) is 31.1 Å². The second-order valence-corrected chi connectivity index (χ2v) is 10.6. The van der Waals surface area contributed by atoms with E-state index in [1.165, 1.54) is 27.8 Å². The molecule has 2 aliphatic rings. The minimum absolute atomic E-state index is 0.234. The molecule has 0 radical (unpaired) electrons. The smallest absolute Gasteiger partial charge is 0.275 e. The van der Waals surface area contributed by atoms with Gasteiger partial charge in [0.25, 0.3) is 5.91 Å². The van der Waals surface area contributed by atoms with Crippen LogP contribution < -0.4 is 5.32 Å². The van der Waals surface area contributed by atoms with Crippen molar-refractivity contribution in [3.05, 3.63) is 52.4 Å². The number of sulfonamides is 1. The molecule has 5 rings (SSSR count). The summed E-state index contributed by atoms with van der Waals surface area (Å²) in [4.78, 5) is 17.9. The molecule has 2 N–H and O–H groups in total. The Balaban J connectivity index is 1.29. The molecule has 8 nitrogen and oxygen atoms in total. The summed E-state index contributed by atoms with van der Waals surface area (Å²) in [6.07, 6.45) is 2.01. The van der Waals surface area contributed by atoms with Crippen LogP contribution in [0.2, 0.25) is 0 Å². The van der Waals surface area contributed by atoms with Gasteiger partial charge in [0, 0.05) is 30.0 Å². The lowest BCUT2D eigenvalue weighted by molar-refractivity contribution is 0.102. The third kappa shape index (κ3) is 3.64. The third-order valence-electron chi connectivity index (χ3n) is 5.18. The monoisotopic (exact) mass is 447 g/mol. The predicted molar refractivity (Wildman–Crippen MR) is 110 cm³/mol. The Labute approximate surface area is 176 Å². The van der Waals surface area contributed by atoms with Crippen LogP contribution in [0.25, 0.3) is 11.3 Å². The van der Waals surface area contributed by atoms with Crippen LogP contribution in [0.3, 0.4) is 0 Å². The topological polar surface area (TPSA) is 108 Å². The Bertz CT molecular complexity index is 1220. The number of carbonyl (C=O) groups is 1. The maximum Gasteiger partial charge on any atom is 0.275 e. The summed E-state index contributed by atoms with van der Waals surface area (Å²) in [6, 6.07) is 7.42. The van der Waals surface area contributed by atoms with Crippen LogP contribution in [-0.4, -0.2) is 45.6 Å². The highest BCUT2D eigenvalue weighted by Crippen LogP contribution is 2.35. The van der Waals surface area contributed by atoms with Crippen LogP contribution in [0, 0.1) is 5.82 Å². The van der Waals surface area contributed by atoms with Gasteiger partial charge in [-0.3, -0.25) is 15.2 Å². The van der Waals surface area contributed by atoms with Crippen LogP contribution >= 0.6 is 11.3 Å². The molecule has 1 aromatic carbocycles. The number of hydrogen-bond donors (Lipinski definition) is 2. The Kier molecular flexibility index (Phi) is 4.68. The van der Waals surface area contributed by atoms with Gasteiger partial charge in [0.1, 0.15) is 11.5 Å². The Hall–Kier alpha value is -2.63. The van der Waals surface area contributed by atoms with E-state index in [1.54, 1.807) is 18.2 Å². The molecule has 0 bridgehead atoms. The number of anilines is 1. The third-order valence-corrected chi connectivity index (χ3v) is 8.53. The van der Waals surface area contributed by atoms with E-state index >= 15 is 0 Å². The molecular formula is C19H18FN5O3S2. The summed E-state index contributed by atoms with van der Waals surface area (Å²) in [6.45, 7) is 0.727. The molecule has 1 aliphatic heterocycles. The van der Waals surface area contributed by atoms with Crippen molar-refractivity contribution in [3.63, 3.8) is 0 Å². The van der Waals surface area contributed by atoms with Gasteiger partial charge in [0.05, 0.1) is 16.6 Å². The number of fused-ring (bicyclic) bond motifs is 1. The fraction of sp³-hybridized carbons (Fsp3) is 0.316. The fourth-order valence-corrected chi connectivity index (χ4v) is 6.30. The lowest BCUT2D eigenvalue weighted by atomic mass is 10.1. The Morgan fingerprint density at radius 1 is 1.27 bits per heavy atom. The minimum Gasteiger partial charge on any atom is -0.296 e. The highest BCUT2D eigenvalue weighted by Gasteiger charge is 2.41. The van der Waals surface area contributed by atoms with Crippen LogP contribution in [-0.2, 0) is 23.0 Å². The van der Waals surface area contributed by atoms with Crippen molar-refractivity contribution in [2.24, 2.45) is 0 Å². The molecule has 1 saturated carbocycles. The number of carbonyl (C=O) groups excluding carboxylic acids is 1. The van der Waals surface area contributed by atoms with Crippen LogP contribution in [0.4, 0.5) is 9.52 Å². The van der Waals surface area contributed by atoms with Crippen molar-refractivity contribution in [2.75, 3.05) is 11.9 Å². The van der Waals surface area contributed by atoms with Crippen molar-refractivity contribution < 1.29 is 17.6 Å². The zero-order valence-corrected chi connectivity index (χ0v) is 17.4. The maximum atomic E-state index is 13.1. The minimum atomic E-state index is -3.23.